The molecule has 0 N–H and O–H groups in total. The Hall–Kier alpha value is -1.54. The van der Waals surface area contributed by atoms with E-state index in [0.29, 0.717) is 0 Å². The third-order valence-electron chi connectivity index (χ3n) is 2.61. The smallest absolute Gasteiger partial charge is 0.139 e. The third kappa shape index (κ3) is 1.68. The van der Waals surface area contributed by atoms with Crippen molar-refractivity contribution in [1.29, 1.82) is 0 Å². The van der Waals surface area contributed by atoms with Gasteiger partial charge in [0.05, 0.1) is 6.61 Å². The molecule has 2 nitrogen and oxygen atoms in total. The van der Waals surface area contributed by atoms with Crippen molar-refractivity contribution in [2.24, 2.45) is 0 Å². The predicted molar refractivity (Wildman–Crippen MR) is 57.6 cm³/mol. The molecule has 1 aliphatic heterocycles. The highest BCUT2D eigenvalue weighted by atomic mass is 16.6. The van der Waals surface area contributed by atoms with Crippen LogP contribution in [0.15, 0.2) is 40.8 Å². The second-order valence-electron chi connectivity index (χ2n) is 3.89. The van der Waals surface area contributed by atoms with Crippen LogP contribution in [-0.2, 0) is 4.74 Å². The lowest BCUT2D eigenvalue weighted by molar-refractivity contribution is 0.373. The van der Waals surface area contributed by atoms with Gasteiger partial charge in [-0.05, 0) is 19.1 Å². The van der Waals surface area contributed by atoms with Crippen LogP contribution in [0.4, 0.5) is 0 Å². The van der Waals surface area contributed by atoms with E-state index in [9.17, 15) is 0 Å². The molecule has 1 aliphatic rings. The molecule has 1 aromatic heterocycles. The van der Waals surface area contributed by atoms with E-state index in [4.69, 9.17) is 9.15 Å². The minimum atomic E-state index is 0.198. The Morgan fingerprint density at radius 3 is 2.47 bits per heavy atom. The molecule has 2 heterocycles. The molecule has 1 saturated heterocycles. The summed E-state index contributed by atoms with van der Waals surface area (Å²) in [6.45, 7) is 2.87. The summed E-state index contributed by atoms with van der Waals surface area (Å²) in [5, 5.41) is 0. The fourth-order valence-electron chi connectivity index (χ4n) is 1.61. The number of hydrogen-bond acceptors (Lipinski definition) is 2. The molecule has 2 heteroatoms. The van der Waals surface area contributed by atoms with Crippen molar-refractivity contribution in [3.05, 3.63) is 47.7 Å². The van der Waals surface area contributed by atoms with Crippen LogP contribution in [0.1, 0.15) is 17.4 Å². The quantitative estimate of drug-likeness (QED) is 0.695. The largest absolute Gasteiger partial charge is 0.458 e. The summed E-state index contributed by atoms with van der Waals surface area (Å²) >= 11 is 0. The monoisotopic (exact) mass is 200 g/mol. The Kier molecular flexibility index (Phi) is 1.89. The average molecular weight is 200 g/mol. The van der Waals surface area contributed by atoms with E-state index in [1.165, 1.54) is 5.56 Å². The van der Waals surface area contributed by atoms with Crippen LogP contribution in [0.3, 0.4) is 0 Å². The van der Waals surface area contributed by atoms with Gasteiger partial charge in [-0.25, -0.2) is 0 Å². The fourth-order valence-corrected chi connectivity index (χ4v) is 1.61. The van der Waals surface area contributed by atoms with E-state index in [-0.39, 0.29) is 6.10 Å². The van der Waals surface area contributed by atoms with Gasteiger partial charge in [-0.15, -0.1) is 0 Å². The third-order valence-corrected chi connectivity index (χ3v) is 2.61. The SMILES string of the molecule is Cc1ccc(-c2ccc([C@@H]3CO3)o2)cc1. The van der Waals surface area contributed by atoms with Crippen molar-refractivity contribution in [2.45, 2.75) is 13.0 Å². The van der Waals surface area contributed by atoms with Crippen LogP contribution in [0.25, 0.3) is 11.3 Å². The van der Waals surface area contributed by atoms with E-state index in [0.717, 1.165) is 23.7 Å². The number of rotatable bonds is 2. The number of benzene rings is 1. The lowest BCUT2D eigenvalue weighted by Crippen LogP contribution is -1.75. The minimum Gasteiger partial charge on any atom is -0.458 e. The van der Waals surface area contributed by atoms with Gasteiger partial charge < -0.3 is 9.15 Å². The number of furan rings is 1. The van der Waals surface area contributed by atoms with Gasteiger partial charge in [-0.3, -0.25) is 0 Å². The maximum atomic E-state index is 5.71. The first-order chi connectivity index (χ1) is 7.33. The van der Waals surface area contributed by atoms with Gasteiger partial charge in [0.15, 0.2) is 0 Å². The molecule has 0 bridgehead atoms. The molecule has 0 unspecified atom stereocenters. The Labute approximate surface area is 88.5 Å². The van der Waals surface area contributed by atoms with Crippen LogP contribution >= 0.6 is 0 Å². The summed E-state index contributed by atoms with van der Waals surface area (Å²) in [7, 11) is 0. The Morgan fingerprint density at radius 2 is 1.80 bits per heavy atom. The zero-order valence-electron chi connectivity index (χ0n) is 8.57. The molecule has 0 radical (unpaired) electrons. The van der Waals surface area contributed by atoms with Gasteiger partial charge in [0.1, 0.15) is 17.6 Å². The molecule has 2 aromatic rings. The Morgan fingerprint density at radius 1 is 1.07 bits per heavy atom. The lowest BCUT2D eigenvalue weighted by Gasteiger charge is -1.97. The molecule has 1 fully saturated rings. The summed E-state index contributed by atoms with van der Waals surface area (Å²) in [6, 6.07) is 12.3. The molecule has 0 saturated carbocycles. The number of hydrogen-bond donors (Lipinski definition) is 0. The molecular weight excluding hydrogens is 188 g/mol. The topological polar surface area (TPSA) is 25.7 Å². The van der Waals surface area contributed by atoms with Crippen molar-refractivity contribution in [1.82, 2.24) is 0 Å². The molecule has 0 amide bonds. The predicted octanol–water partition coefficient (Wildman–Crippen LogP) is 3.33. The highest BCUT2D eigenvalue weighted by molar-refractivity contribution is 5.58. The molecule has 76 valence electrons. The zero-order valence-corrected chi connectivity index (χ0v) is 8.57. The standard InChI is InChI=1S/C13H12O2/c1-9-2-4-10(5-3-9)11-6-7-12(15-11)13-8-14-13/h2-7,13H,8H2,1H3/t13-/m0/s1. The molecule has 0 spiro atoms. The van der Waals surface area contributed by atoms with Crippen LogP contribution in [0.2, 0.25) is 0 Å². The lowest BCUT2D eigenvalue weighted by atomic mass is 10.1. The Balaban J connectivity index is 1.93. The second-order valence-corrected chi connectivity index (χ2v) is 3.89. The molecule has 1 atom stereocenters. The van der Waals surface area contributed by atoms with Crippen molar-refractivity contribution >= 4 is 0 Å². The van der Waals surface area contributed by atoms with Gasteiger partial charge in [-0.1, -0.05) is 29.8 Å². The number of aryl methyl sites for hydroxylation is 1. The van der Waals surface area contributed by atoms with Crippen molar-refractivity contribution in [3.63, 3.8) is 0 Å². The van der Waals surface area contributed by atoms with E-state index >= 15 is 0 Å². The minimum absolute atomic E-state index is 0.198. The zero-order chi connectivity index (χ0) is 10.3. The van der Waals surface area contributed by atoms with Crippen LogP contribution in [-0.4, -0.2) is 6.61 Å². The first-order valence-electron chi connectivity index (χ1n) is 5.11. The molecule has 0 aliphatic carbocycles. The van der Waals surface area contributed by atoms with Crippen LogP contribution in [0.5, 0.6) is 0 Å². The normalized spacial score (nSPS) is 19.1. The maximum absolute atomic E-state index is 5.71. The summed E-state index contributed by atoms with van der Waals surface area (Å²) in [4.78, 5) is 0. The summed E-state index contributed by atoms with van der Waals surface area (Å²) < 4.78 is 10.9. The molecular formula is C13H12O2. The number of ether oxygens (including phenoxy) is 1. The van der Waals surface area contributed by atoms with Gasteiger partial charge in [0.25, 0.3) is 0 Å². The maximum Gasteiger partial charge on any atom is 0.139 e. The molecule has 1 aromatic carbocycles. The van der Waals surface area contributed by atoms with Crippen molar-refractivity contribution < 1.29 is 9.15 Å². The average Bonchev–Trinajstić information content (AvgIpc) is 2.99. The van der Waals surface area contributed by atoms with Crippen molar-refractivity contribution in [2.75, 3.05) is 6.61 Å². The van der Waals surface area contributed by atoms with Crippen LogP contribution < -0.4 is 0 Å². The summed E-state index contributed by atoms with van der Waals surface area (Å²) in [6.07, 6.45) is 0.198. The number of epoxide rings is 1. The van der Waals surface area contributed by atoms with E-state index in [1.807, 2.05) is 12.1 Å². The summed E-state index contributed by atoms with van der Waals surface area (Å²) in [5.74, 6) is 1.85. The second kappa shape index (κ2) is 3.24. The highest BCUT2D eigenvalue weighted by Gasteiger charge is 2.28. The van der Waals surface area contributed by atoms with Crippen molar-refractivity contribution in [3.8, 4) is 11.3 Å². The fraction of sp³-hybridized carbons (Fsp3) is 0.231. The summed E-state index contributed by atoms with van der Waals surface area (Å²) in [5.41, 5.74) is 2.38. The van der Waals surface area contributed by atoms with Gasteiger partial charge >= 0.3 is 0 Å². The Bertz CT molecular complexity index is 464. The molecule has 3 rings (SSSR count). The highest BCUT2D eigenvalue weighted by Crippen LogP contribution is 2.33. The van der Waals surface area contributed by atoms with Gasteiger partial charge in [0.2, 0.25) is 0 Å². The van der Waals surface area contributed by atoms with E-state index in [1.54, 1.807) is 0 Å². The van der Waals surface area contributed by atoms with E-state index < -0.39 is 0 Å². The van der Waals surface area contributed by atoms with Gasteiger partial charge in [-0.2, -0.15) is 0 Å². The van der Waals surface area contributed by atoms with Gasteiger partial charge in [0, 0.05) is 5.56 Å². The molecule has 15 heavy (non-hydrogen) atoms. The van der Waals surface area contributed by atoms with E-state index in [2.05, 4.69) is 31.2 Å². The first kappa shape index (κ1) is 8.74. The first-order valence-corrected chi connectivity index (χ1v) is 5.11. The van der Waals surface area contributed by atoms with Crippen LogP contribution in [0, 0.1) is 6.92 Å².